The Morgan fingerprint density at radius 3 is 2.93 bits per heavy atom. The maximum atomic E-state index is 12.7. The molecule has 142 valence electrons. The highest BCUT2D eigenvalue weighted by atomic mass is 16.3. The Balaban J connectivity index is 1.50. The number of rotatable bonds is 6. The van der Waals surface area contributed by atoms with Gasteiger partial charge in [0.05, 0.1) is 30.0 Å². The highest BCUT2D eigenvalue weighted by Gasteiger charge is 2.23. The fourth-order valence-electron chi connectivity index (χ4n) is 3.86. The van der Waals surface area contributed by atoms with Gasteiger partial charge in [0.15, 0.2) is 5.82 Å². The van der Waals surface area contributed by atoms with Crippen LogP contribution in [0.25, 0.3) is 11.0 Å². The van der Waals surface area contributed by atoms with Crippen molar-refractivity contribution >= 4 is 16.9 Å². The molecule has 1 amide bonds. The topological polar surface area (TPSA) is 97.9 Å². The van der Waals surface area contributed by atoms with Crippen molar-refractivity contribution in [2.45, 2.75) is 51.2 Å². The van der Waals surface area contributed by atoms with Crippen molar-refractivity contribution in [3.8, 4) is 0 Å². The normalized spacial score (nSPS) is 16.1. The molecule has 1 aromatic carbocycles. The minimum absolute atomic E-state index is 0.0485. The molecule has 2 heterocycles. The number of fused-ring (bicyclic) bond motifs is 1. The van der Waals surface area contributed by atoms with Gasteiger partial charge in [-0.1, -0.05) is 12.8 Å². The number of imidazole rings is 1. The summed E-state index contributed by atoms with van der Waals surface area (Å²) in [7, 11) is 0. The van der Waals surface area contributed by atoms with Gasteiger partial charge in [-0.3, -0.25) is 4.79 Å². The molecule has 0 bridgehead atoms. The van der Waals surface area contributed by atoms with Crippen molar-refractivity contribution in [1.82, 2.24) is 29.6 Å². The number of benzene rings is 1. The van der Waals surface area contributed by atoms with Crippen molar-refractivity contribution in [1.29, 1.82) is 0 Å². The summed E-state index contributed by atoms with van der Waals surface area (Å²) in [4.78, 5) is 17.0. The Morgan fingerprint density at radius 2 is 2.15 bits per heavy atom. The van der Waals surface area contributed by atoms with E-state index < -0.39 is 0 Å². The van der Waals surface area contributed by atoms with Crippen LogP contribution in [0.4, 0.5) is 0 Å². The summed E-state index contributed by atoms with van der Waals surface area (Å²) in [6.07, 6.45) is 8.18. The van der Waals surface area contributed by atoms with E-state index in [1.807, 2.05) is 17.6 Å². The number of carbonyl (C=O) groups is 1. The SMILES string of the molecule is C[C@H](NC(=O)c1ccc2c(c1)ncn2CCO)c1nncn1C1CCCC1. The first kappa shape index (κ1) is 17.7. The van der Waals surface area contributed by atoms with Crippen molar-refractivity contribution in [3.05, 3.63) is 42.2 Å². The molecule has 0 unspecified atom stereocenters. The number of amides is 1. The summed E-state index contributed by atoms with van der Waals surface area (Å²) in [6, 6.07) is 5.61. The van der Waals surface area contributed by atoms with Gasteiger partial charge in [0, 0.05) is 18.2 Å². The molecule has 3 aromatic rings. The largest absolute Gasteiger partial charge is 0.395 e. The molecule has 8 nitrogen and oxygen atoms in total. The van der Waals surface area contributed by atoms with E-state index in [1.165, 1.54) is 12.8 Å². The molecule has 8 heteroatoms. The highest BCUT2D eigenvalue weighted by molar-refractivity contribution is 5.97. The van der Waals surface area contributed by atoms with Crippen molar-refractivity contribution in [3.63, 3.8) is 0 Å². The van der Waals surface area contributed by atoms with Crippen LogP contribution in [0.3, 0.4) is 0 Å². The number of aliphatic hydroxyl groups is 1. The molecular weight excluding hydrogens is 344 g/mol. The van der Waals surface area contributed by atoms with Crippen molar-refractivity contribution in [2.24, 2.45) is 0 Å². The van der Waals surface area contributed by atoms with Gasteiger partial charge in [-0.15, -0.1) is 10.2 Å². The summed E-state index contributed by atoms with van der Waals surface area (Å²) < 4.78 is 3.97. The molecule has 1 atom stereocenters. The zero-order chi connectivity index (χ0) is 18.8. The number of aliphatic hydroxyl groups excluding tert-OH is 1. The molecule has 0 aliphatic heterocycles. The lowest BCUT2D eigenvalue weighted by Crippen LogP contribution is -2.29. The number of nitrogens with zero attached hydrogens (tertiary/aromatic N) is 5. The van der Waals surface area contributed by atoms with Crippen LogP contribution < -0.4 is 5.32 Å². The van der Waals surface area contributed by atoms with Crippen molar-refractivity contribution in [2.75, 3.05) is 6.61 Å². The minimum atomic E-state index is -0.233. The van der Waals surface area contributed by atoms with E-state index in [-0.39, 0.29) is 18.6 Å². The second-order valence-corrected chi connectivity index (χ2v) is 7.09. The summed E-state index contributed by atoms with van der Waals surface area (Å²) in [6.45, 7) is 2.46. The third-order valence-electron chi connectivity index (χ3n) is 5.28. The van der Waals surface area contributed by atoms with E-state index in [1.54, 1.807) is 24.8 Å². The van der Waals surface area contributed by atoms with Crippen LogP contribution in [0.5, 0.6) is 0 Å². The average molecular weight is 368 g/mol. The molecule has 0 saturated heterocycles. The molecule has 27 heavy (non-hydrogen) atoms. The fraction of sp³-hybridized carbons (Fsp3) is 0.474. The minimum Gasteiger partial charge on any atom is -0.395 e. The lowest BCUT2D eigenvalue weighted by Gasteiger charge is -2.18. The van der Waals surface area contributed by atoms with Gasteiger partial charge in [-0.05, 0) is 38.0 Å². The van der Waals surface area contributed by atoms with Crippen LogP contribution in [-0.4, -0.2) is 41.9 Å². The highest BCUT2D eigenvalue weighted by Crippen LogP contribution is 2.31. The first-order valence-corrected chi connectivity index (χ1v) is 9.43. The summed E-state index contributed by atoms with van der Waals surface area (Å²) >= 11 is 0. The number of hydrogen-bond acceptors (Lipinski definition) is 5. The van der Waals surface area contributed by atoms with Gasteiger partial charge < -0.3 is 19.6 Å². The maximum Gasteiger partial charge on any atom is 0.251 e. The number of nitrogens with one attached hydrogen (secondary N) is 1. The number of aromatic nitrogens is 5. The molecule has 1 aliphatic carbocycles. The second kappa shape index (κ2) is 7.48. The predicted octanol–water partition coefficient (Wildman–Crippen LogP) is 2.23. The smallest absolute Gasteiger partial charge is 0.251 e. The standard InChI is InChI=1S/C19H24N6O2/c1-13(18-23-21-12-25(18)15-4-2-3-5-15)22-19(27)14-6-7-17-16(10-14)20-11-24(17)8-9-26/h6-7,10-13,15,26H,2-5,8-9H2,1H3,(H,22,27)/t13-/m0/s1. The molecule has 1 saturated carbocycles. The predicted molar refractivity (Wildman–Crippen MR) is 100 cm³/mol. The van der Waals surface area contributed by atoms with E-state index in [0.717, 1.165) is 29.7 Å². The Labute approximate surface area is 157 Å². The molecule has 2 N–H and O–H groups in total. The van der Waals surface area contributed by atoms with Gasteiger partial charge >= 0.3 is 0 Å². The monoisotopic (exact) mass is 368 g/mol. The maximum absolute atomic E-state index is 12.7. The molecule has 2 aromatic heterocycles. The van der Waals surface area contributed by atoms with Gasteiger partial charge in [0.2, 0.25) is 0 Å². The number of carbonyl (C=O) groups excluding carboxylic acids is 1. The van der Waals surface area contributed by atoms with Crippen molar-refractivity contribution < 1.29 is 9.90 Å². The number of hydrogen-bond donors (Lipinski definition) is 2. The fourth-order valence-corrected chi connectivity index (χ4v) is 3.86. The van der Waals surface area contributed by atoms with Crippen LogP contribution in [-0.2, 0) is 6.54 Å². The van der Waals surface area contributed by atoms with Crippen LogP contribution in [0, 0.1) is 0 Å². The van der Waals surface area contributed by atoms with Gasteiger partial charge in [-0.2, -0.15) is 0 Å². The van der Waals surface area contributed by atoms with Gasteiger partial charge in [-0.25, -0.2) is 4.98 Å². The summed E-state index contributed by atoms with van der Waals surface area (Å²) in [5, 5.41) is 20.4. The Morgan fingerprint density at radius 1 is 1.33 bits per heavy atom. The van der Waals surface area contributed by atoms with Gasteiger partial charge in [0.1, 0.15) is 6.33 Å². The van der Waals surface area contributed by atoms with E-state index in [2.05, 4.69) is 25.1 Å². The molecule has 1 fully saturated rings. The van der Waals surface area contributed by atoms with E-state index in [9.17, 15) is 4.79 Å². The molecular formula is C19H24N6O2. The Kier molecular flexibility index (Phi) is 4.89. The van der Waals surface area contributed by atoms with Crippen LogP contribution in [0.2, 0.25) is 0 Å². The van der Waals surface area contributed by atoms with Crippen LogP contribution in [0.1, 0.15) is 60.9 Å². The Bertz CT molecular complexity index is 941. The molecule has 4 rings (SSSR count). The molecule has 0 radical (unpaired) electrons. The first-order chi connectivity index (χ1) is 13.2. The Hall–Kier alpha value is -2.74. The summed E-state index contributed by atoms with van der Waals surface area (Å²) in [5.74, 6) is 0.630. The average Bonchev–Trinajstić information content (AvgIpc) is 3.41. The first-order valence-electron chi connectivity index (χ1n) is 9.43. The lowest BCUT2D eigenvalue weighted by atomic mass is 10.1. The second-order valence-electron chi connectivity index (χ2n) is 7.09. The lowest BCUT2D eigenvalue weighted by molar-refractivity contribution is 0.0937. The zero-order valence-corrected chi connectivity index (χ0v) is 15.4. The van der Waals surface area contributed by atoms with Crippen LogP contribution in [0.15, 0.2) is 30.9 Å². The quantitative estimate of drug-likeness (QED) is 0.695. The molecule has 1 aliphatic rings. The van der Waals surface area contributed by atoms with Gasteiger partial charge in [0.25, 0.3) is 5.91 Å². The van der Waals surface area contributed by atoms with Crippen LogP contribution >= 0.6 is 0 Å². The zero-order valence-electron chi connectivity index (χ0n) is 15.4. The third-order valence-corrected chi connectivity index (χ3v) is 5.28. The molecule has 0 spiro atoms. The van der Waals surface area contributed by atoms with E-state index >= 15 is 0 Å². The summed E-state index contributed by atoms with van der Waals surface area (Å²) in [5.41, 5.74) is 2.18. The van der Waals surface area contributed by atoms with E-state index in [4.69, 9.17) is 5.11 Å². The van der Waals surface area contributed by atoms with E-state index in [0.29, 0.717) is 18.2 Å². The third kappa shape index (κ3) is 3.44.